The maximum absolute atomic E-state index is 10.9. The maximum atomic E-state index is 10.9. The van der Waals surface area contributed by atoms with Crippen LogP contribution in [0.25, 0.3) is 0 Å². The SMILES string of the molecule is CC(C)Oc1ccnc(N(CCN(C)C)CC(=O)O)n1. The predicted molar refractivity (Wildman–Crippen MR) is 76.2 cm³/mol. The van der Waals surface area contributed by atoms with Gasteiger partial charge in [-0.05, 0) is 27.9 Å². The van der Waals surface area contributed by atoms with Crippen molar-refractivity contribution >= 4 is 11.9 Å². The highest BCUT2D eigenvalue weighted by atomic mass is 16.5. The van der Waals surface area contributed by atoms with E-state index in [0.717, 1.165) is 0 Å². The van der Waals surface area contributed by atoms with Gasteiger partial charge in [0.2, 0.25) is 11.8 Å². The Balaban J connectivity index is 2.85. The highest BCUT2D eigenvalue weighted by Crippen LogP contribution is 2.13. The molecule has 1 aromatic heterocycles. The molecule has 1 N–H and O–H groups in total. The van der Waals surface area contributed by atoms with Crippen LogP contribution >= 0.6 is 0 Å². The molecule has 0 aliphatic heterocycles. The number of aliphatic carboxylic acids is 1. The molecule has 112 valence electrons. The van der Waals surface area contributed by atoms with E-state index in [0.29, 0.717) is 24.9 Å². The summed E-state index contributed by atoms with van der Waals surface area (Å²) in [5.74, 6) is -0.0971. The van der Waals surface area contributed by atoms with Crippen molar-refractivity contribution in [3.63, 3.8) is 0 Å². The second-order valence-corrected chi connectivity index (χ2v) is 4.98. The third kappa shape index (κ3) is 5.83. The molecule has 1 rings (SSSR count). The monoisotopic (exact) mass is 282 g/mol. The van der Waals surface area contributed by atoms with Gasteiger partial charge in [-0.25, -0.2) is 4.98 Å². The molecule has 0 aliphatic rings. The molecule has 0 aliphatic carbocycles. The zero-order chi connectivity index (χ0) is 15.1. The van der Waals surface area contributed by atoms with E-state index in [9.17, 15) is 4.79 Å². The number of aromatic nitrogens is 2. The van der Waals surface area contributed by atoms with Crippen LogP contribution in [0.3, 0.4) is 0 Å². The lowest BCUT2D eigenvalue weighted by Crippen LogP contribution is -2.36. The first-order valence-corrected chi connectivity index (χ1v) is 6.49. The highest BCUT2D eigenvalue weighted by Gasteiger charge is 2.14. The van der Waals surface area contributed by atoms with Crippen LogP contribution in [0.4, 0.5) is 5.95 Å². The van der Waals surface area contributed by atoms with Gasteiger partial charge in [-0.3, -0.25) is 4.79 Å². The molecule has 7 nitrogen and oxygen atoms in total. The summed E-state index contributed by atoms with van der Waals surface area (Å²) in [5, 5.41) is 8.98. The second-order valence-electron chi connectivity index (χ2n) is 4.98. The number of ether oxygens (including phenoxy) is 1. The van der Waals surface area contributed by atoms with Gasteiger partial charge < -0.3 is 19.6 Å². The molecule has 20 heavy (non-hydrogen) atoms. The Labute approximate surface area is 119 Å². The Morgan fingerprint density at radius 3 is 2.65 bits per heavy atom. The van der Waals surface area contributed by atoms with Gasteiger partial charge in [-0.15, -0.1) is 0 Å². The number of carboxylic acid groups (broad SMARTS) is 1. The zero-order valence-electron chi connectivity index (χ0n) is 12.4. The molecule has 0 radical (unpaired) electrons. The Kier molecular flexibility index (Phi) is 6.17. The Morgan fingerprint density at radius 2 is 2.10 bits per heavy atom. The molecule has 1 aromatic rings. The zero-order valence-corrected chi connectivity index (χ0v) is 12.4. The minimum Gasteiger partial charge on any atom is -0.480 e. The van der Waals surface area contributed by atoms with Gasteiger partial charge in [0.25, 0.3) is 0 Å². The predicted octanol–water partition coefficient (Wildman–Crippen LogP) is 0.716. The first kappa shape index (κ1) is 16.2. The van der Waals surface area contributed by atoms with Crippen molar-refractivity contribution in [2.45, 2.75) is 20.0 Å². The summed E-state index contributed by atoms with van der Waals surface area (Å²) in [7, 11) is 3.86. The van der Waals surface area contributed by atoms with Crippen molar-refractivity contribution in [3.05, 3.63) is 12.3 Å². The highest BCUT2D eigenvalue weighted by molar-refractivity contribution is 5.72. The minimum absolute atomic E-state index is 0.00690. The lowest BCUT2D eigenvalue weighted by Gasteiger charge is -2.22. The molecule has 0 amide bonds. The van der Waals surface area contributed by atoms with Gasteiger partial charge in [0.15, 0.2) is 0 Å². The average Bonchev–Trinajstić information content (AvgIpc) is 2.33. The van der Waals surface area contributed by atoms with E-state index in [-0.39, 0.29) is 12.6 Å². The number of carbonyl (C=O) groups is 1. The summed E-state index contributed by atoms with van der Waals surface area (Å²) in [6, 6.07) is 1.66. The van der Waals surface area contributed by atoms with E-state index in [2.05, 4.69) is 9.97 Å². The molecule has 7 heteroatoms. The first-order valence-electron chi connectivity index (χ1n) is 6.49. The van der Waals surface area contributed by atoms with Crippen molar-refractivity contribution in [2.24, 2.45) is 0 Å². The van der Waals surface area contributed by atoms with Crippen molar-refractivity contribution in [1.29, 1.82) is 0 Å². The quantitative estimate of drug-likeness (QED) is 0.752. The van der Waals surface area contributed by atoms with E-state index in [1.54, 1.807) is 17.2 Å². The number of rotatable bonds is 8. The number of carboxylic acids is 1. The van der Waals surface area contributed by atoms with Crippen LogP contribution in [0.5, 0.6) is 5.88 Å². The second kappa shape index (κ2) is 7.64. The third-order valence-electron chi connectivity index (χ3n) is 2.40. The van der Waals surface area contributed by atoms with Crippen LogP contribution in [-0.2, 0) is 4.79 Å². The van der Waals surface area contributed by atoms with Crippen LogP contribution in [0.15, 0.2) is 12.3 Å². The number of hydrogen-bond donors (Lipinski definition) is 1. The first-order chi connectivity index (χ1) is 9.38. The van der Waals surface area contributed by atoms with Gasteiger partial charge >= 0.3 is 5.97 Å². The van der Waals surface area contributed by atoms with Gasteiger partial charge in [-0.2, -0.15) is 4.98 Å². The lowest BCUT2D eigenvalue weighted by atomic mass is 10.4. The van der Waals surface area contributed by atoms with Crippen molar-refractivity contribution in [2.75, 3.05) is 38.6 Å². The summed E-state index contributed by atoms with van der Waals surface area (Å²) in [6.45, 7) is 4.92. The Morgan fingerprint density at radius 1 is 1.40 bits per heavy atom. The standard InChI is InChI=1S/C13H22N4O3/c1-10(2)20-11-5-6-14-13(15-11)17(9-12(18)19)8-7-16(3)4/h5-6,10H,7-9H2,1-4H3,(H,18,19). The fraction of sp³-hybridized carbons (Fsp3) is 0.615. The Hall–Kier alpha value is -1.89. The normalized spacial score (nSPS) is 10.9. The van der Waals surface area contributed by atoms with Crippen molar-refractivity contribution in [3.8, 4) is 5.88 Å². The molecule has 0 unspecified atom stereocenters. The molecule has 0 saturated carbocycles. The van der Waals surface area contributed by atoms with Gasteiger partial charge in [0.05, 0.1) is 6.10 Å². The molecule has 0 atom stereocenters. The van der Waals surface area contributed by atoms with E-state index in [4.69, 9.17) is 9.84 Å². The minimum atomic E-state index is -0.914. The smallest absolute Gasteiger partial charge is 0.323 e. The van der Waals surface area contributed by atoms with Crippen LogP contribution < -0.4 is 9.64 Å². The van der Waals surface area contributed by atoms with Gasteiger partial charge in [-0.1, -0.05) is 0 Å². The fourth-order valence-corrected chi connectivity index (χ4v) is 1.53. The molecule has 1 heterocycles. The molecular weight excluding hydrogens is 260 g/mol. The largest absolute Gasteiger partial charge is 0.480 e. The topological polar surface area (TPSA) is 78.8 Å². The molecule has 0 bridgehead atoms. The van der Waals surface area contributed by atoms with Crippen LogP contribution in [0, 0.1) is 0 Å². The van der Waals surface area contributed by atoms with E-state index < -0.39 is 5.97 Å². The molecule has 0 aromatic carbocycles. The van der Waals surface area contributed by atoms with E-state index in [1.807, 2.05) is 32.8 Å². The van der Waals surface area contributed by atoms with E-state index >= 15 is 0 Å². The van der Waals surface area contributed by atoms with Crippen LogP contribution in [0.1, 0.15) is 13.8 Å². The van der Waals surface area contributed by atoms with Crippen molar-refractivity contribution in [1.82, 2.24) is 14.9 Å². The number of likely N-dealkylation sites (N-methyl/N-ethyl adjacent to an activating group) is 1. The van der Waals surface area contributed by atoms with E-state index in [1.165, 1.54) is 0 Å². The molecule has 0 spiro atoms. The average molecular weight is 282 g/mol. The van der Waals surface area contributed by atoms with Crippen LogP contribution in [0.2, 0.25) is 0 Å². The maximum Gasteiger partial charge on any atom is 0.323 e. The van der Waals surface area contributed by atoms with Gasteiger partial charge in [0.1, 0.15) is 6.54 Å². The molecule has 0 saturated heterocycles. The summed E-state index contributed by atoms with van der Waals surface area (Å²) in [4.78, 5) is 22.9. The van der Waals surface area contributed by atoms with Crippen molar-refractivity contribution < 1.29 is 14.6 Å². The summed E-state index contributed by atoms with van der Waals surface area (Å²) >= 11 is 0. The summed E-state index contributed by atoms with van der Waals surface area (Å²) in [6.07, 6.45) is 1.58. The third-order valence-corrected chi connectivity index (χ3v) is 2.40. The fourth-order valence-electron chi connectivity index (χ4n) is 1.53. The number of hydrogen-bond acceptors (Lipinski definition) is 6. The summed E-state index contributed by atoms with van der Waals surface area (Å²) < 4.78 is 5.50. The molecular formula is C13H22N4O3. The Bertz CT molecular complexity index is 437. The lowest BCUT2D eigenvalue weighted by molar-refractivity contribution is -0.135. The number of nitrogens with zero attached hydrogens (tertiary/aromatic N) is 4. The van der Waals surface area contributed by atoms with Gasteiger partial charge in [0, 0.05) is 25.4 Å². The summed E-state index contributed by atoms with van der Waals surface area (Å²) in [5.41, 5.74) is 0. The number of anilines is 1. The van der Waals surface area contributed by atoms with Crippen LogP contribution in [-0.4, -0.2) is 65.8 Å². The molecule has 0 fully saturated rings.